The maximum absolute atomic E-state index is 12.7. The summed E-state index contributed by atoms with van der Waals surface area (Å²) in [6.07, 6.45) is 6.80. The maximum atomic E-state index is 12.7. The van der Waals surface area contributed by atoms with Crippen molar-refractivity contribution in [1.82, 2.24) is 4.57 Å². The Morgan fingerprint density at radius 2 is 2.14 bits per heavy atom. The van der Waals surface area contributed by atoms with Crippen molar-refractivity contribution in [2.45, 2.75) is 5.92 Å². The number of carbonyl (C=O) groups excluding carboxylic acids is 1. The van der Waals surface area contributed by atoms with Crippen molar-refractivity contribution >= 4 is 29.4 Å². The second-order valence-electron chi connectivity index (χ2n) is 4.92. The Labute approximate surface area is 136 Å². The number of rotatable bonds is 3. The number of hydrogen-bond acceptors (Lipinski definition) is 5. The average Bonchev–Trinajstić information content (AvgIpc) is 3.00. The fourth-order valence-electron chi connectivity index (χ4n) is 2.55. The van der Waals surface area contributed by atoms with E-state index < -0.39 is 5.76 Å². The second-order valence-corrected chi connectivity index (χ2v) is 7.09. The minimum Gasteiger partial charge on any atom is -0.416 e. The molecule has 1 aromatic carbocycles. The van der Waals surface area contributed by atoms with Gasteiger partial charge in [0.25, 0.3) is 0 Å². The van der Waals surface area contributed by atoms with Gasteiger partial charge in [0, 0.05) is 15.9 Å². The first-order chi connectivity index (χ1) is 10.7. The molecule has 22 heavy (non-hydrogen) atoms. The summed E-state index contributed by atoms with van der Waals surface area (Å²) >= 11 is 3.34. The lowest BCUT2D eigenvalue weighted by molar-refractivity contribution is 0.0829. The van der Waals surface area contributed by atoms with Crippen LogP contribution in [0.1, 0.15) is 16.3 Å². The number of oxazole rings is 1. The van der Waals surface area contributed by atoms with Gasteiger partial charge < -0.3 is 4.42 Å². The van der Waals surface area contributed by atoms with Crippen molar-refractivity contribution in [3.8, 4) is 0 Å². The molecule has 1 aromatic heterocycles. The highest BCUT2D eigenvalue weighted by molar-refractivity contribution is 8.22. The summed E-state index contributed by atoms with van der Waals surface area (Å²) in [5.41, 5.74) is 1.09. The highest BCUT2D eigenvalue weighted by atomic mass is 32.2. The number of benzene rings is 1. The number of nitrogens with zero attached hydrogens (tertiary/aromatic N) is 1. The first-order valence-electron chi connectivity index (χ1n) is 6.84. The van der Waals surface area contributed by atoms with Gasteiger partial charge in [-0.15, -0.1) is 23.5 Å². The van der Waals surface area contributed by atoms with Crippen LogP contribution in [-0.4, -0.2) is 22.5 Å². The van der Waals surface area contributed by atoms with Crippen LogP contribution in [0.2, 0.25) is 0 Å². The predicted octanol–water partition coefficient (Wildman–Crippen LogP) is 3.43. The molecule has 3 rings (SSSR count). The zero-order chi connectivity index (χ0) is 15.5. The molecule has 1 aliphatic heterocycles. The lowest BCUT2D eigenvalue weighted by Crippen LogP contribution is -2.34. The van der Waals surface area contributed by atoms with E-state index in [1.54, 1.807) is 23.5 Å². The molecule has 6 heteroatoms. The predicted molar refractivity (Wildman–Crippen MR) is 90.3 cm³/mol. The summed E-state index contributed by atoms with van der Waals surface area (Å²) < 4.78 is 6.99. The van der Waals surface area contributed by atoms with Crippen LogP contribution in [0.15, 0.2) is 62.3 Å². The van der Waals surface area contributed by atoms with Crippen molar-refractivity contribution in [1.29, 1.82) is 0 Å². The van der Waals surface area contributed by atoms with Crippen LogP contribution in [0.5, 0.6) is 0 Å². The SMILES string of the molecule is CSC1=C[C@H](c2ccccc2)[C@H](C(=O)n2ccoc2=O)CS1. The van der Waals surface area contributed by atoms with E-state index in [0.29, 0.717) is 5.75 Å². The quantitative estimate of drug-likeness (QED) is 0.861. The van der Waals surface area contributed by atoms with Gasteiger partial charge in [0.1, 0.15) is 6.26 Å². The Hall–Kier alpha value is -1.66. The minimum absolute atomic E-state index is 0.0285. The standard InChI is InChI=1S/C16H15NO3S2/c1-21-14-9-12(11-5-3-2-4-6-11)13(10-22-14)15(18)17-7-8-20-16(17)19/h2-9,12-13H,10H2,1H3/t12-,13-/m1/s1. The summed E-state index contributed by atoms with van der Waals surface area (Å²) in [6.45, 7) is 0. The van der Waals surface area contributed by atoms with Crippen molar-refractivity contribution in [2.75, 3.05) is 12.0 Å². The molecular formula is C16H15NO3S2. The molecule has 0 saturated heterocycles. The molecule has 0 unspecified atom stereocenters. The summed E-state index contributed by atoms with van der Waals surface area (Å²) in [6, 6.07) is 9.93. The van der Waals surface area contributed by atoms with Crippen molar-refractivity contribution in [3.63, 3.8) is 0 Å². The minimum atomic E-state index is -0.624. The third-order valence-electron chi connectivity index (χ3n) is 3.67. The van der Waals surface area contributed by atoms with Gasteiger partial charge in [-0.3, -0.25) is 4.79 Å². The number of aromatic nitrogens is 1. The van der Waals surface area contributed by atoms with Gasteiger partial charge in [0.2, 0.25) is 5.91 Å². The highest BCUT2D eigenvalue weighted by Crippen LogP contribution is 2.42. The van der Waals surface area contributed by atoms with Crippen LogP contribution in [0.3, 0.4) is 0 Å². The van der Waals surface area contributed by atoms with Crippen molar-refractivity contribution < 1.29 is 9.21 Å². The fraction of sp³-hybridized carbons (Fsp3) is 0.250. The number of hydrogen-bond donors (Lipinski definition) is 0. The van der Waals surface area contributed by atoms with Crippen LogP contribution in [0, 0.1) is 5.92 Å². The molecular weight excluding hydrogens is 318 g/mol. The molecule has 114 valence electrons. The van der Waals surface area contributed by atoms with Crippen LogP contribution in [-0.2, 0) is 0 Å². The zero-order valence-electron chi connectivity index (χ0n) is 12.0. The number of allylic oxidation sites excluding steroid dienone is 1. The Kier molecular flexibility index (Phi) is 4.59. The van der Waals surface area contributed by atoms with Gasteiger partial charge in [-0.05, 0) is 11.8 Å². The molecule has 0 bridgehead atoms. The fourth-order valence-corrected chi connectivity index (χ4v) is 4.45. The largest absolute Gasteiger partial charge is 0.425 e. The maximum Gasteiger partial charge on any atom is 0.425 e. The molecule has 2 heterocycles. The van der Waals surface area contributed by atoms with Gasteiger partial charge >= 0.3 is 5.76 Å². The van der Waals surface area contributed by atoms with Gasteiger partial charge in [-0.25, -0.2) is 9.36 Å². The number of carbonyl (C=O) groups is 1. The lowest BCUT2D eigenvalue weighted by Gasteiger charge is -2.28. The Morgan fingerprint density at radius 3 is 2.77 bits per heavy atom. The number of thioether (sulfide) groups is 2. The van der Waals surface area contributed by atoms with E-state index in [9.17, 15) is 9.59 Å². The van der Waals surface area contributed by atoms with Crippen molar-refractivity contribution in [2.24, 2.45) is 5.92 Å². The zero-order valence-corrected chi connectivity index (χ0v) is 13.6. The lowest BCUT2D eigenvalue weighted by atomic mass is 9.86. The molecule has 4 nitrogen and oxygen atoms in total. The molecule has 0 radical (unpaired) electrons. The summed E-state index contributed by atoms with van der Waals surface area (Å²) in [4.78, 5) is 24.3. The van der Waals surface area contributed by atoms with Crippen LogP contribution < -0.4 is 5.76 Å². The van der Waals surface area contributed by atoms with Gasteiger partial charge in [-0.2, -0.15) is 0 Å². The normalized spacial score (nSPS) is 21.4. The third-order valence-corrected chi connectivity index (χ3v) is 6.01. The first kappa shape index (κ1) is 15.2. The van der Waals surface area contributed by atoms with Gasteiger partial charge in [-0.1, -0.05) is 36.4 Å². The highest BCUT2D eigenvalue weighted by Gasteiger charge is 2.33. The van der Waals surface area contributed by atoms with E-state index in [-0.39, 0.29) is 17.7 Å². The van der Waals surface area contributed by atoms with Crippen LogP contribution >= 0.6 is 23.5 Å². The average molecular weight is 333 g/mol. The molecule has 0 saturated carbocycles. The molecule has 0 aliphatic carbocycles. The van der Waals surface area contributed by atoms with E-state index >= 15 is 0 Å². The van der Waals surface area contributed by atoms with E-state index in [0.717, 1.165) is 10.1 Å². The third kappa shape index (κ3) is 2.94. The summed E-state index contributed by atoms with van der Waals surface area (Å²) in [5.74, 6) is -0.487. The molecule has 2 atom stereocenters. The topological polar surface area (TPSA) is 52.2 Å². The van der Waals surface area contributed by atoms with Crippen LogP contribution in [0.25, 0.3) is 0 Å². The van der Waals surface area contributed by atoms with E-state index in [4.69, 9.17) is 4.42 Å². The molecule has 1 aliphatic rings. The monoisotopic (exact) mass is 333 g/mol. The van der Waals surface area contributed by atoms with Crippen LogP contribution in [0.4, 0.5) is 0 Å². The molecule has 2 aromatic rings. The second kappa shape index (κ2) is 6.62. The van der Waals surface area contributed by atoms with E-state index in [1.165, 1.54) is 16.7 Å². The molecule has 0 fully saturated rings. The Balaban J connectivity index is 1.99. The Bertz CT molecular complexity index is 748. The molecule has 0 N–H and O–H groups in total. The Morgan fingerprint density at radius 1 is 1.36 bits per heavy atom. The smallest absolute Gasteiger partial charge is 0.416 e. The molecule has 0 spiro atoms. The van der Waals surface area contributed by atoms with E-state index in [2.05, 4.69) is 6.08 Å². The summed E-state index contributed by atoms with van der Waals surface area (Å²) in [7, 11) is 0. The van der Waals surface area contributed by atoms with Crippen molar-refractivity contribution in [3.05, 3.63) is 69.2 Å². The van der Waals surface area contributed by atoms with E-state index in [1.807, 2.05) is 36.6 Å². The first-order valence-corrected chi connectivity index (χ1v) is 9.05. The summed E-state index contributed by atoms with van der Waals surface area (Å²) in [5, 5.41) is 0. The van der Waals surface area contributed by atoms with Gasteiger partial charge in [0.15, 0.2) is 0 Å². The molecule has 0 amide bonds. The van der Waals surface area contributed by atoms with Gasteiger partial charge in [0.05, 0.1) is 12.1 Å².